The van der Waals surface area contributed by atoms with Gasteiger partial charge in [-0.3, -0.25) is 14.9 Å². The quantitative estimate of drug-likeness (QED) is 0.132. The second kappa shape index (κ2) is 9.39. The molecule has 1 amide bonds. The number of anilines is 1. The van der Waals surface area contributed by atoms with E-state index in [1.807, 2.05) is 35.8 Å². The number of hydrogen-bond donors (Lipinski definition) is 1. The second-order valence-corrected chi connectivity index (χ2v) is 9.82. The first-order valence-electron chi connectivity index (χ1n) is 10.7. The van der Waals surface area contributed by atoms with Crippen LogP contribution in [0.3, 0.4) is 0 Å². The van der Waals surface area contributed by atoms with Crippen molar-refractivity contribution in [1.82, 2.24) is 24.7 Å². The lowest BCUT2D eigenvalue weighted by atomic mass is 10.2. The molecule has 3 aromatic heterocycles. The average Bonchev–Trinajstić information content (AvgIpc) is 3.40. The standard InChI is InChI=1S/C23H19N7O3S2/c1-3-11-29-16-8-6-5-7-14(16)19-20(29)25-23(28-27-19)34-17(4-2)21(31)26-22-24-15-10-9-13(30(32)33)12-18(15)35-22/h3,5-10,12,17H,1,4,11H2,2H3,(H,24,26,31)/t17-/m0/s1. The van der Waals surface area contributed by atoms with E-state index in [9.17, 15) is 14.9 Å². The fourth-order valence-electron chi connectivity index (χ4n) is 3.77. The van der Waals surface area contributed by atoms with E-state index in [0.29, 0.717) is 44.6 Å². The van der Waals surface area contributed by atoms with E-state index in [0.717, 1.165) is 10.9 Å². The maximum atomic E-state index is 13.0. The molecule has 5 rings (SSSR count). The monoisotopic (exact) mass is 505 g/mol. The zero-order valence-corrected chi connectivity index (χ0v) is 20.2. The molecule has 0 unspecified atom stereocenters. The Hall–Kier alpha value is -3.90. The number of nitrogens with zero attached hydrogens (tertiary/aromatic N) is 6. The Morgan fingerprint density at radius 2 is 2.11 bits per heavy atom. The van der Waals surface area contributed by atoms with E-state index < -0.39 is 10.2 Å². The molecule has 0 bridgehead atoms. The number of carbonyl (C=O) groups is 1. The van der Waals surface area contributed by atoms with E-state index in [-0.39, 0.29) is 11.6 Å². The van der Waals surface area contributed by atoms with Gasteiger partial charge in [0.25, 0.3) is 5.69 Å². The summed E-state index contributed by atoms with van der Waals surface area (Å²) >= 11 is 2.42. The summed E-state index contributed by atoms with van der Waals surface area (Å²) in [4.78, 5) is 32.7. The predicted octanol–water partition coefficient (Wildman–Crippen LogP) is 5.19. The fourth-order valence-corrected chi connectivity index (χ4v) is 5.48. The van der Waals surface area contributed by atoms with Gasteiger partial charge in [0.05, 0.1) is 25.9 Å². The molecular formula is C23H19N7O3S2. The minimum absolute atomic E-state index is 0.0186. The Kier molecular flexibility index (Phi) is 6.14. The zero-order valence-electron chi connectivity index (χ0n) is 18.5. The summed E-state index contributed by atoms with van der Waals surface area (Å²) < 4.78 is 2.65. The Bertz CT molecular complexity index is 1610. The van der Waals surface area contributed by atoms with E-state index in [1.165, 1.54) is 35.2 Å². The van der Waals surface area contributed by atoms with Crippen LogP contribution in [0, 0.1) is 10.1 Å². The molecule has 2 aromatic carbocycles. The Morgan fingerprint density at radius 3 is 2.89 bits per heavy atom. The molecule has 0 radical (unpaired) electrons. The first-order valence-corrected chi connectivity index (χ1v) is 12.4. The van der Waals surface area contributed by atoms with Crippen molar-refractivity contribution in [3.05, 3.63) is 65.2 Å². The largest absolute Gasteiger partial charge is 0.320 e. The first-order chi connectivity index (χ1) is 17.0. The molecule has 0 aliphatic heterocycles. The summed E-state index contributed by atoms with van der Waals surface area (Å²) in [5.74, 6) is -0.249. The minimum Gasteiger partial charge on any atom is -0.320 e. The van der Waals surface area contributed by atoms with Crippen LogP contribution in [-0.2, 0) is 11.3 Å². The van der Waals surface area contributed by atoms with Crippen molar-refractivity contribution in [3.63, 3.8) is 0 Å². The van der Waals surface area contributed by atoms with Gasteiger partial charge in [0, 0.05) is 24.1 Å². The lowest BCUT2D eigenvalue weighted by Gasteiger charge is -2.12. The number of rotatable bonds is 8. The number of non-ortho nitro benzene ring substituents is 1. The maximum absolute atomic E-state index is 13.0. The highest BCUT2D eigenvalue weighted by atomic mass is 32.2. The number of carbonyl (C=O) groups excluding carboxylic acids is 1. The smallest absolute Gasteiger partial charge is 0.270 e. The third kappa shape index (κ3) is 4.33. The fraction of sp³-hybridized carbons (Fsp3) is 0.174. The molecule has 1 N–H and O–H groups in total. The van der Waals surface area contributed by atoms with E-state index in [4.69, 9.17) is 4.98 Å². The number of thiazole rings is 1. The van der Waals surface area contributed by atoms with Crippen LogP contribution >= 0.6 is 23.1 Å². The summed E-state index contributed by atoms with van der Waals surface area (Å²) in [6, 6.07) is 12.3. The van der Waals surface area contributed by atoms with Crippen LogP contribution in [0.4, 0.5) is 10.8 Å². The molecular weight excluding hydrogens is 486 g/mol. The van der Waals surface area contributed by atoms with Crippen LogP contribution in [0.2, 0.25) is 0 Å². The van der Waals surface area contributed by atoms with Crippen molar-refractivity contribution in [1.29, 1.82) is 0 Å². The number of amides is 1. The normalized spacial score (nSPS) is 12.3. The number of benzene rings is 2. The van der Waals surface area contributed by atoms with E-state index >= 15 is 0 Å². The SMILES string of the molecule is C=CCn1c2ccccc2c2nnc(S[C@@H](CC)C(=O)Nc3nc4ccc([N+](=O)[O-])cc4s3)nc21. The van der Waals surface area contributed by atoms with Crippen LogP contribution in [0.15, 0.2) is 60.3 Å². The molecule has 0 fully saturated rings. The molecule has 0 aliphatic rings. The van der Waals surface area contributed by atoms with Crippen molar-refractivity contribution in [2.75, 3.05) is 5.32 Å². The average molecular weight is 506 g/mol. The number of nitrogens with one attached hydrogen (secondary N) is 1. The Balaban J connectivity index is 1.40. The van der Waals surface area contributed by atoms with Gasteiger partial charge in [0.2, 0.25) is 11.1 Å². The molecule has 0 aliphatic carbocycles. The summed E-state index contributed by atoms with van der Waals surface area (Å²) in [7, 11) is 0. The number of nitro groups is 1. The summed E-state index contributed by atoms with van der Waals surface area (Å²) in [5, 5.41) is 23.8. The molecule has 0 saturated carbocycles. The van der Waals surface area contributed by atoms with Crippen molar-refractivity contribution in [2.24, 2.45) is 0 Å². The number of allylic oxidation sites excluding steroid dienone is 1. The number of thioether (sulfide) groups is 1. The number of fused-ring (bicyclic) bond motifs is 4. The molecule has 1 atom stereocenters. The van der Waals surface area contributed by atoms with Crippen molar-refractivity contribution in [2.45, 2.75) is 30.3 Å². The highest BCUT2D eigenvalue weighted by molar-refractivity contribution is 8.00. The Morgan fingerprint density at radius 1 is 1.29 bits per heavy atom. The van der Waals surface area contributed by atoms with Gasteiger partial charge < -0.3 is 9.88 Å². The van der Waals surface area contributed by atoms with Crippen molar-refractivity contribution >= 4 is 72.1 Å². The number of aromatic nitrogens is 5. The predicted molar refractivity (Wildman–Crippen MR) is 138 cm³/mol. The van der Waals surface area contributed by atoms with Gasteiger partial charge in [-0.15, -0.1) is 16.8 Å². The van der Waals surface area contributed by atoms with E-state index in [1.54, 1.807) is 12.1 Å². The highest BCUT2D eigenvalue weighted by Gasteiger charge is 2.23. The number of nitro benzene ring substituents is 1. The molecule has 3 heterocycles. The van der Waals surface area contributed by atoms with Crippen LogP contribution in [-0.4, -0.2) is 40.8 Å². The third-order valence-electron chi connectivity index (χ3n) is 5.39. The molecule has 5 aromatic rings. The van der Waals surface area contributed by atoms with Crippen molar-refractivity contribution < 1.29 is 9.72 Å². The topological polar surface area (TPSA) is 129 Å². The molecule has 176 valence electrons. The van der Waals surface area contributed by atoms with E-state index in [2.05, 4.69) is 27.1 Å². The number of hydrogen-bond acceptors (Lipinski definition) is 9. The van der Waals surface area contributed by atoms with Gasteiger partial charge in [-0.25, -0.2) is 9.97 Å². The first kappa shape index (κ1) is 22.9. The minimum atomic E-state index is -0.479. The molecule has 10 nitrogen and oxygen atoms in total. The van der Waals surface area contributed by atoms with Crippen LogP contribution in [0.5, 0.6) is 0 Å². The third-order valence-corrected chi connectivity index (χ3v) is 7.54. The summed E-state index contributed by atoms with van der Waals surface area (Å²) in [6.45, 7) is 6.32. The van der Waals surface area contributed by atoms with Gasteiger partial charge in [-0.05, 0) is 18.6 Å². The van der Waals surface area contributed by atoms with Gasteiger partial charge in [-0.1, -0.05) is 54.3 Å². The highest BCUT2D eigenvalue weighted by Crippen LogP contribution is 2.32. The molecule has 0 saturated heterocycles. The van der Waals surface area contributed by atoms with Crippen LogP contribution in [0.25, 0.3) is 32.3 Å². The molecule has 0 spiro atoms. The van der Waals surface area contributed by atoms with Gasteiger partial charge in [-0.2, -0.15) is 0 Å². The van der Waals surface area contributed by atoms with Gasteiger partial charge in [0.1, 0.15) is 5.52 Å². The van der Waals surface area contributed by atoms with Crippen molar-refractivity contribution in [3.8, 4) is 0 Å². The van der Waals surface area contributed by atoms with Gasteiger partial charge in [0.15, 0.2) is 10.8 Å². The van der Waals surface area contributed by atoms with Crippen LogP contribution in [0.1, 0.15) is 13.3 Å². The maximum Gasteiger partial charge on any atom is 0.270 e. The number of para-hydroxylation sites is 1. The lowest BCUT2D eigenvalue weighted by molar-refractivity contribution is -0.384. The summed E-state index contributed by atoms with van der Waals surface area (Å²) in [5.41, 5.74) is 2.95. The summed E-state index contributed by atoms with van der Waals surface area (Å²) in [6.07, 6.45) is 2.33. The second-order valence-electron chi connectivity index (χ2n) is 7.62. The molecule has 12 heteroatoms. The lowest BCUT2D eigenvalue weighted by Crippen LogP contribution is -2.24. The Labute approximate surface area is 207 Å². The molecule has 35 heavy (non-hydrogen) atoms. The zero-order chi connectivity index (χ0) is 24.5. The van der Waals surface area contributed by atoms with Crippen LogP contribution < -0.4 is 5.32 Å². The van der Waals surface area contributed by atoms with Gasteiger partial charge >= 0.3 is 0 Å².